The monoisotopic (exact) mass is 439 g/mol. The minimum atomic E-state index is -4.39. The molecule has 1 aliphatic rings. The van der Waals surface area contributed by atoms with Crippen LogP contribution in [-0.2, 0) is 6.18 Å². The second-order valence-electron chi connectivity index (χ2n) is 7.53. The number of alkyl halides is 3. The molecule has 160 valence electrons. The Hall–Kier alpha value is -2.52. The van der Waals surface area contributed by atoms with Gasteiger partial charge in [0.15, 0.2) is 0 Å². The van der Waals surface area contributed by atoms with Crippen molar-refractivity contribution in [2.24, 2.45) is 0 Å². The van der Waals surface area contributed by atoms with Crippen molar-refractivity contribution in [3.05, 3.63) is 46.6 Å². The van der Waals surface area contributed by atoms with E-state index in [-0.39, 0.29) is 6.04 Å². The molecule has 0 saturated carbocycles. The average molecular weight is 440 g/mol. The van der Waals surface area contributed by atoms with Crippen LogP contribution in [0.25, 0.3) is 11.0 Å². The van der Waals surface area contributed by atoms with Crippen LogP contribution in [0, 0.1) is 0 Å². The number of nitrogens with zero attached hydrogens (tertiary/aromatic N) is 4. The summed E-state index contributed by atoms with van der Waals surface area (Å²) in [4.78, 5) is 16.0. The molecular weight excluding hydrogens is 419 g/mol. The van der Waals surface area contributed by atoms with Crippen molar-refractivity contribution in [3.63, 3.8) is 0 Å². The van der Waals surface area contributed by atoms with Gasteiger partial charge in [-0.15, -0.1) is 0 Å². The summed E-state index contributed by atoms with van der Waals surface area (Å²) in [5.41, 5.74) is 0.791. The highest BCUT2D eigenvalue weighted by Gasteiger charge is 2.32. The van der Waals surface area contributed by atoms with Crippen molar-refractivity contribution < 1.29 is 18.3 Å². The maximum Gasteiger partial charge on any atom is 0.416 e. The molecule has 2 N–H and O–H groups in total. The van der Waals surface area contributed by atoms with Crippen LogP contribution in [0.4, 0.5) is 24.9 Å². The number of rotatable bonds is 3. The third kappa shape index (κ3) is 3.91. The van der Waals surface area contributed by atoms with Crippen molar-refractivity contribution in [1.29, 1.82) is 0 Å². The summed E-state index contributed by atoms with van der Waals surface area (Å²) in [5.74, 6) is 1.19. The fraction of sp³-hybridized carbons (Fsp3) is 0.400. The van der Waals surface area contributed by atoms with E-state index < -0.39 is 17.8 Å². The standard InChI is InChI=1S/C20H21ClF3N5O/c1-11-10-28(18-15(21)7-13(9-25-18)12(2)30)5-6-29(11)19-26-16-4-3-14(20(22,23)24)8-17(16)27-19/h3-4,7-9,11-12,30H,5-6,10H2,1-2H3,(H,26,27)/t11-,12?/m1/s1. The van der Waals surface area contributed by atoms with E-state index in [1.165, 1.54) is 6.07 Å². The molecule has 1 unspecified atom stereocenters. The third-order valence-corrected chi connectivity index (χ3v) is 5.60. The fourth-order valence-electron chi connectivity index (χ4n) is 3.68. The number of aromatic amines is 1. The van der Waals surface area contributed by atoms with Gasteiger partial charge >= 0.3 is 6.18 Å². The van der Waals surface area contributed by atoms with Crippen LogP contribution >= 0.6 is 11.6 Å². The number of pyridine rings is 1. The second kappa shape index (κ2) is 7.63. The molecule has 6 nitrogen and oxygen atoms in total. The Morgan fingerprint density at radius 2 is 2.03 bits per heavy atom. The minimum Gasteiger partial charge on any atom is -0.389 e. The van der Waals surface area contributed by atoms with Gasteiger partial charge in [-0.2, -0.15) is 13.2 Å². The van der Waals surface area contributed by atoms with Gasteiger partial charge in [-0.3, -0.25) is 0 Å². The van der Waals surface area contributed by atoms with Gasteiger partial charge in [0.2, 0.25) is 5.95 Å². The lowest BCUT2D eigenvalue weighted by Gasteiger charge is -2.40. The van der Waals surface area contributed by atoms with Gasteiger partial charge in [0.25, 0.3) is 0 Å². The smallest absolute Gasteiger partial charge is 0.389 e. The molecule has 0 aliphatic carbocycles. The van der Waals surface area contributed by atoms with Crippen LogP contribution in [0.5, 0.6) is 0 Å². The van der Waals surface area contributed by atoms with Crippen molar-refractivity contribution in [3.8, 4) is 0 Å². The molecule has 0 spiro atoms. The van der Waals surface area contributed by atoms with Crippen LogP contribution in [0.2, 0.25) is 5.02 Å². The number of aromatic nitrogens is 3. The molecule has 0 amide bonds. The number of hydrogen-bond acceptors (Lipinski definition) is 5. The number of fused-ring (bicyclic) bond motifs is 1. The molecule has 1 aromatic carbocycles. The van der Waals surface area contributed by atoms with Gasteiger partial charge in [0.05, 0.1) is 27.7 Å². The van der Waals surface area contributed by atoms with Crippen molar-refractivity contribution in [2.75, 3.05) is 29.4 Å². The van der Waals surface area contributed by atoms with Crippen LogP contribution < -0.4 is 9.80 Å². The highest BCUT2D eigenvalue weighted by Crippen LogP contribution is 2.33. The van der Waals surface area contributed by atoms with E-state index in [0.717, 1.165) is 12.1 Å². The molecule has 4 rings (SSSR count). The lowest BCUT2D eigenvalue weighted by Crippen LogP contribution is -2.52. The predicted octanol–water partition coefficient (Wildman–Crippen LogP) is 4.40. The number of benzene rings is 1. The van der Waals surface area contributed by atoms with Gasteiger partial charge in [-0.25, -0.2) is 9.97 Å². The molecule has 1 saturated heterocycles. The van der Waals surface area contributed by atoms with E-state index in [9.17, 15) is 18.3 Å². The number of piperazine rings is 1. The Morgan fingerprint density at radius 3 is 2.67 bits per heavy atom. The van der Waals surface area contributed by atoms with Gasteiger partial charge < -0.3 is 19.9 Å². The Morgan fingerprint density at radius 1 is 1.27 bits per heavy atom. The first-order valence-electron chi connectivity index (χ1n) is 9.55. The molecule has 0 bridgehead atoms. The summed E-state index contributed by atoms with van der Waals surface area (Å²) < 4.78 is 38.9. The van der Waals surface area contributed by atoms with Gasteiger partial charge in [0.1, 0.15) is 5.82 Å². The number of aliphatic hydroxyl groups excluding tert-OH is 1. The molecule has 3 heterocycles. The zero-order valence-corrected chi connectivity index (χ0v) is 17.2. The summed E-state index contributed by atoms with van der Waals surface area (Å²) in [6, 6.07) is 5.24. The molecule has 1 fully saturated rings. The number of H-pyrrole nitrogens is 1. The molecule has 30 heavy (non-hydrogen) atoms. The van der Waals surface area contributed by atoms with E-state index in [1.807, 2.05) is 11.8 Å². The molecule has 3 aromatic rings. The Kier molecular flexibility index (Phi) is 5.27. The fourth-order valence-corrected chi connectivity index (χ4v) is 3.97. The molecular formula is C20H21ClF3N5O. The summed E-state index contributed by atoms with van der Waals surface area (Å²) in [7, 11) is 0. The van der Waals surface area contributed by atoms with Crippen LogP contribution in [0.15, 0.2) is 30.5 Å². The predicted molar refractivity (Wildman–Crippen MR) is 110 cm³/mol. The number of aliphatic hydroxyl groups is 1. The van der Waals surface area contributed by atoms with Crippen molar-refractivity contribution in [2.45, 2.75) is 32.2 Å². The number of halogens is 4. The van der Waals surface area contributed by atoms with Crippen molar-refractivity contribution >= 4 is 34.4 Å². The highest BCUT2D eigenvalue weighted by molar-refractivity contribution is 6.33. The number of hydrogen-bond donors (Lipinski definition) is 2. The first-order valence-corrected chi connectivity index (χ1v) is 9.93. The van der Waals surface area contributed by atoms with Gasteiger partial charge in [-0.1, -0.05) is 11.6 Å². The van der Waals surface area contributed by atoms with E-state index in [4.69, 9.17) is 11.6 Å². The largest absolute Gasteiger partial charge is 0.416 e. The average Bonchev–Trinajstić information content (AvgIpc) is 3.10. The Labute approximate surface area is 176 Å². The SMILES string of the molecule is CC(O)c1cnc(N2CCN(c3nc4ccc(C(F)(F)F)cc4[nH]3)[C@H](C)C2)c(Cl)c1. The van der Waals surface area contributed by atoms with E-state index in [2.05, 4.69) is 19.9 Å². The molecule has 2 atom stereocenters. The summed E-state index contributed by atoms with van der Waals surface area (Å²) in [5, 5.41) is 10.2. The minimum absolute atomic E-state index is 0.0238. The maximum absolute atomic E-state index is 13.0. The normalized spacial score (nSPS) is 18.8. The molecule has 10 heteroatoms. The summed E-state index contributed by atoms with van der Waals surface area (Å²) >= 11 is 6.37. The lowest BCUT2D eigenvalue weighted by atomic mass is 10.1. The summed E-state index contributed by atoms with van der Waals surface area (Å²) in [6.07, 6.45) is -3.43. The van der Waals surface area contributed by atoms with Crippen LogP contribution in [0.1, 0.15) is 31.1 Å². The highest BCUT2D eigenvalue weighted by atomic mass is 35.5. The zero-order valence-electron chi connectivity index (χ0n) is 16.4. The Balaban J connectivity index is 1.53. The lowest BCUT2D eigenvalue weighted by molar-refractivity contribution is -0.137. The maximum atomic E-state index is 13.0. The molecule has 0 radical (unpaired) electrons. The Bertz CT molecular complexity index is 1070. The van der Waals surface area contributed by atoms with E-state index in [0.29, 0.717) is 53.0 Å². The number of imidazole rings is 1. The second-order valence-corrected chi connectivity index (χ2v) is 7.94. The first kappa shape index (κ1) is 20.7. The number of nitrogens with one attached hydrogen (secondary N) is 1. The van der Waals surface area contributed by atoms with Crippen LogP contribution in [-0.4, -0.2) is 45.7 Å². The van der Waals surface area contributed by atoms with E-state index in [1.54, 1.807) is 19.2 Å². The number of anilines is 2. The van der Waals surface area contributed by atoms with Crippen molar-refractivity contribution in [1.82, 2.24) is 15.0 Å². The summed E-state index contributed by atoms with van der Waals surface area (Å²) in [6.45, 7) is 5.50. The quantitative estimate of drug-likeness (QED) is 0.633. The van der Waals surface area contributed by atoms with Crippen LogP contribution in [0.3, 0.4) is 0 Å². The van der Waals surface area contributed by atoms with Gasteiger partial charge in [0, 0.05) is 37.4 Å². The topological polar surface area (TPSA) is 68.3 Å². The molecule has 1 aliphatic heterocycles. The van der Waals surface area contributed by atoms with E-state index >= 15 is 0 Å². The first-order chi connectivity index (χ1) is 14.1. The zero-order chi connectivity index (χ0) is 21.6. The molecule has 2 aromatic heterocycles. The van der Waals surface area contributed by atoms with Gasteiger partial charge in [-0.05, 0) is 38.1 Å². The third-order valence-electron chi connectivity index (χ3n) is 5.32.